The van der Waals surface area contributed by atoms with Crippen molar-refractivity contribution in [1.82, 2.24) is 10.2 Å². The van der Waals surface area contributed by atoms with E-state index in [0.29, 0.717) is 42.1 Å². The Morgan fingerprint density at radius 1 is 1.26 bits per heavy atom. The monoisotopic (exact) mass is 501 g/mol. The Balaban J connectivity index is 1.41. The van der Waals surface area contributed by atoms with Crippen LogP contribution in [0.15, 0.2) is 17.5 Å². The minimum atomic E-state index is -0.554. The van der Waals surface area contributed by atoms with Crippen LogP contribution in [-0.2, 0) is 22.7 Å². The van der Waals surface area contributed by atoms with Gasteiger partial charge in [0, 0.05) is 33.9 Å². The molecule has 1 saturated carbocycles. The molecule has 1 aliphatic heterocycles. The van der Waals surface area contributed by atoms with Crippen molar-refractivity contribution in [3.8, 4) is 0 Å². The summed E-state index contributed by atoms with van der Waals surface area (Å²) in [6, 6.07) is 2.74. The van der Waals surface area contributed by atoms with Crippen molar-refractivity contribution in [3.63, 3.8) is 0 Å². The fraction of sp³-hybridized carbons (Fsp3) is 0.440. The highest BCUT2D eigenvalue weighted by atomic mass is 35.5. The predicted octanol–water partition coefficient (Wildman–Crippen LogP) is 5.19. The number of rotatable bonds is 5. The Hall–Kier alpha value is -2.71. The van der Waals surface area contributed by atoms with Crippen molar-refractivity contribution in [1.29, 1.82) is 0 Å². The van der Waals surface area contributed by atoms with Crippen LogP contribution in [0.4, 0.5) is 10.5 Å². The minimum Gasteiger partial charge on any atom is -0.333 e. The summed E-state index contributed by atoms with van der Waals surface area (Å²) in [5.41, 5.74) is 4.13. The number of hydrogen-bond donors (Lipinski definition) is 2. The van der Waals surface area contributed by atoms with Crippen molar-refractivity contribution >= 4 is 52.1 Å². The molecule has 0 saturated heterocycles. The number of benzene rings is 1. The van der Waals surface area contributed by atoms with E-state index in [4.69, 9.17) is 11.6 Å². The van der Waals surface area contributed by atoms with Crippen LogP contribution >= 0.6 is 22.9 Å². The van der Waals surface area contributed by atoms with Crippen LogP contribution in [0.25, 0.3) is 0 Å². The number of amides is 3. The molecule has 1 unspecified atom stereocenters. The number of halogens is 1. The maximum Gasteiger partial charge on any atom is 0.319 e. The van der Waals surface area contributed by atoms with Crippen LogP contribution in [0.1, 0.15) is 77.4 Å². The summed E-state index contributed by atoms with van der Waals surface area (Å²) < 4.78 is 0. The van der Waals surface area contributed by atoms with E-state index in [-0.39, 0.29) is 42.4 Å². The molecule has 180 valence electrons. The third-order valence-electron chi connectivity index (χ3n) is 6.53. The van der Waals surface area contributed by atoms with Gasteiger partial charge in [0.25, 0.3) is 5.91 Å². The number of hydrogen-bond acceptors (Lipinski definition) is 5. The van der Waals surface area contributed by atoms with Crippen LogP contribution in [0.5, 0.6) is 0 Å². The molecule has 2 N–H and O–H groups in total. The Morgan fingerprint density at radius 3 is 2.76 bits per heavy atom. The van der Waals surface area contributed by atoms with Gasteiger partial charge in [0.2, 0.25) is 0 Å². The average molecular weight is 502 g/mol. The summed E-state index contributed by atoms with van der Waals surface area (Å²) in [6.07, 6.45) is 1.41. The van der Waals surface area contributed by atoms with E-state index >= 15 is 0 Å². The number of fused-ring (bicyclic) bond motifs is 1. The Morgan fingerprint density at radius 2 is 2.03 bits per heavy atom. The lowest BCUT2D eigenvalue weighted by molar-refractivity contribution is -0.128. The Bertz CT molecular complexity index is 1170. The van der Waals surface area contributed by atoms with Gasteiger partial charge in [-0.05, 0) is 54.5 Å². The van der Waals surface area contributed by atoms with Gasteiger partial charge in [-0.2, -0.15) is 0 Å². The van der Waals surface area contributed by atoms with Crippen LogP contribution in [-0.4, -0.2) is 34.4 Å². The molecule has 4 rings (SSSR count). The Labute approximate surface area is 207 Å². The molecule has 0 spiro atoms. The van der Waals surface area contributed by atoms with Crippen LogP contribution in [0, 0.1) is 6.92 Å². The fourth-order valence-corrected chi connectivity index (χ4v) is 5.87. The summed E-state index contributed by atoms with van der Waals surface area (Å²) in [4.78, 5) is 52.3. The maximum atomic E-state index is 13.0. The van der Waals surface area contributed by atoms with Gasteiger partial charge in [-0.25, -0.2) is 4.79 Å². The quantitative estimate of drug-likeness (QED) is 0.435. The second-order valence-corrected chi connectivity index (χ2v) is 10.6. The molecule has 9 heteroatoms. The van der Waals surface area contributed by atoms with Crippen LogP contribution < -0.4 is 10.6 Å². The third-order valence-corrected chi connectivity index (χ3v) is 7.95. The summed E-state index contributed by atoms with van der Waals surface area (Å²) >= 11 is 7.76. The number of nitrogens with zero attached hydrogens (tertiary/aromatic N) is 1. The number of carbonyl (C=O) groups is 4. The lowest BCUT2D eigenvalue weighted by atomic mass is 9.97. The van der Waals surface area contributed by atoms with Gasteiger partial charge in [0.05, 0.1) is 24.6 Å². The molecular weight excluding hydrogens is 474 g/mol. The van der Waals surface area contributed by atoms with E-state index in [1.165, 1.54) is 11.3 Å². The smallest absolute Gasteiger partial charge is 0.319 e. The largest absolute Gasteiger partial charge is 0.333 e. The first kappa shape index (κ1) is 24.4. The molecule has 2 heterocycles. The molecule has 2 aromatic rings. The molecule has 0 bridgehead atoms. The molecule has 34 heavy (non-hydrogen) atoms. The highest BCUT2D eigenvalue weighted by Crippen LogP contribution is 2.34. The molecule has 1 aromatic carbocycles. The number of thiophene rings is 1. The van der Waals surface area contributed by atoms with Crippen LogP contribution in [0.3, 0.4) is 0 Å². The molecule has 3 amide bonds. The molecule has 7 nitrogen and oxygen atoms in total. The fourth-order valence-electron chi connectivity index (χ4n) is 4.66. The van der Waals surface area contributed by atoms with Gasteiger partial charge in [-0.15, -0.1) is 11.3 Å². The molecule has 2 aliphatic rings. The van der Waals surface area contributed by atoms with Gasteiger partial charge in [0.1, 0.15) is 5.78 Å². The standard InChI is InChI=1S/C25H28ClN3O4S/c1-13(2)17-7-15(8-20(26)14(17)3)28-25(33)27-10-23-18-11-29(24(32)19(18)12-34-23)21-6-4-5-16(30)9-22(21)31/h7-8,12-13,21H,4-6,9-11H2,1-3H3,(H2,27,28,33). The second kappa shape index (κ2) is 9.88. The molecule has 1 aliphatic carbocycles. The van der Waals surface area contributed by atoms with Gasteiger partial charge >= 0.3 is 6.03 Å². The van der Waals surface area contributed by atoms with Crippen molar-refractivity contribution in [2.45, 2.75) is 71.5 Å². The molecule has 0 radical (unpaired) electrons. The van der Waals surface area contributed by atoms with Gasteiger partial charge < -0.3 is 15.5 Å². The van der Waals surface area contributed by atoms with E-state index in [2.05, 4.69) is 24.5 Å². The molecule has 1 atom stereocenters. The van der Waals surface area contributed by atoms with Gasteiger partial charge in [0.15, 0.2) is 5.78 Å². The van der Waals surface area contributed by atoms with Crippen molar-refractivity contribution < 1.29 is 19.2 Å². The first-order chi connectivity index (χ1) is 16.2. The summed E-state index contributed by atoms with van der Waals surface area (Å²) in [5, 5.41) is 8.08. The highest BCUT2D eigenvalue weighted by Gasteiger charge is 2.39. The zero-order valence-electron chi connectivity index (χ0n) is 19.5. The highest BCUT2D eigenvalue weighted by molar-refractivity contribution is 7.10. The van der Waals surface area contributed by atoms with E-state index in [1.54, 1.807) is 16.3 Å². The first-order valence-electron chi connectivity index (χ1n) is 11.4. The minimum absolute atomic E-state index is 0.0559. The number of nitrogens with one attached hydrogen (secondary N) is 2. The lowest BCUT2D eigenvalue weighted by Crippen LogP contribution is -2.41. The van der Waals surface area contributed by atoms with Crippen molar-refractivity contribution in [2.75, 3.05) is 5.32 Å². The normalized spacial score (nSPS) is 18.3. The summed E-state index contributed by atoms with van der Waals surface area (Å²) in [6.45, 7) is 6.70. The zero-order chi connectivity index (χ0) is 24.6. The Kier molecular flexibility index (Phi) is 7.09. The van der Waals surface area contributed by atoms with Gasteiger partial charge in [-0.3, -0.25) is 14.4 Å². The third kappa shape index (κ3) is 4.88. The number of carbonyl (C=O) groups excluding carboxylic acids is 4. The summed E-state index contributed by atoms with van der Waals surface area (Å²) in [7, 11) is 0. The van der Waals surface area contributed by atoms with Gasteiger partial charge in [-0.1, -0.05) is 25.4 Å². The number of ketones is 2. The van der Waals surface area contributed by atoms with E-state index in [1.807, 2.05) is 13.0 Å². The average Bonchev–Trinajstić information content (AvgIpc) is 3.26. The molecular formula is C25H28ClN3O4S. The molecule has 1 aromatic heterocycles. The van der Waals surface area contributed by atoms with E-state index in [0.717, 1.165) is 21.6 Å². The van der Waals surface area contributed by atoms with Crippen molar-refractivity contribution in [3.05, 3.63) is 49.7 Å². The number of Topliss-reactive ketones (excluding diaryl/α,β-unsaturated/α-hetero) is 2. The van der Waals surface area contributed by atoms with E-state index in [9.17, 15) is 19.2 Å². The lowest BCUT2D eigenvalue weighted by Gasteiger charge is -2.25. The zero-order valence-corrected chi connectivity index (χ0v) is 21.1. The predicted molar refractivity (Wildman–Crippen MR) is 133 cm³/mol. The molecule has 1 fully saturated rings. The summed E-state index contributed by atoms with van der Waals surface area (Å²) in [5.74, 6) is -0.138. The topological polar surface area (TPSA) is 95.6 Å². The van der Waals surface area contributed by atoms with Crippen molar-refractivity contribution in [2.24, 2.45) is 0 Å². The maximum absolute atomic E-state index is 13.0. The van der Waals surface area contributed by atoms with E-state index < -0.39 is 6.04 Å². The first-order valence-corrected chi connectivity index (χ1v) is 12.7. The second-order valence-electron chi connectivity index (χ2n) is 9.21. The number of anilines is 1. The van der Waals surface area contributed by atoms with Crippen LogP contribution in [0.2, 0.25) is 5.02 Å². The SMILES string of the molecule is Cc1c(Cl)cc(NC(=O)NCc2scc3c2CN(C2CCCC(=O)CC2=O)C3=O)cc1C(C)C. The number of urea groups is 1.